The van der Waals surface area contributed by atoms with Gasteiger partial charge in [0.05, 0.1) is 5.69 Å². The van der Waals surface area contributed by atoms with Crippen LogP contribution >= 0.6 is 0 Å². The highest BCUT2D eigenvalue weighted by atomic mass is 16.2. The van der Waals surface area contributed by atoms with Crippen LogP contribution in [-0.2, 0) is 17.8 Å². The van der Waals surface area contributed by atoms with Crippen LogP contribution in [0.5, 0.6) is 0 Å². The zero-order chi connectivity index (χ0) is 18.2. The second-order valence-corrected chi connectivity index (χ2v) is 7.24. The molecule has 5 nitrogen and oxygen atoms in total. The van der Waals surface area contributed by atoms with Crippen LogP contribution in [-0.4, -0.2) is 34.2 Å². The van der Waals surface area contributed by atoms with Crippen LogP contribution in [0.3, 0.4) is 0 Å². The summed E-state index contributed by atoms with van der Waals surface area (Å²) in [6.45, 7) is 1.42. The Labute approximate surface area is 158 Å². The van der Waals surface area contributed by atoms with Crippen LogP contribution in [0.1, 0.15) is 24.0 Å². The summed E-state index contributed by atoms with van der Waals surface area (Å²) < 4.78 is 0. The van der Waals surface area contributed by atoms with Crippen molar-refractivity contribution in [1.29, 1.82) is 0 Å². The Morgan fingerprint density at radius 3 is 3.00 bits per heavy atom. The number of hydrogen-bond acceptors (Lipinski definition) is 3. The molecule has 5 rings (SSSR count). The highest BCUT2D eigenvalue weighted by molar-refractivity contribution is 5.95. The number of aromatic amines is 1. The van der Waals surface area contributed by atoms with Crippen molar-refractivity contribution in [3.8, 4) is 0 Å². The van der Waals surface area contributed by atoms with Crippen LogP contribution in [0.4, 0.5) is 5.69 Å². The molecule has 0 radical (unpaired) electrons. The molecule has 1 amide bonds. The van der Waals surface area contributed by atoms with E-state index in [4.69, 9.17) is 4.99 Å². The molecule has 3 heterocycles. The van der Waals surface area contributed by atoms with Crippen LogP contribution in [0.2, 0.25) is 0 Å². The minimum absolute atomic E-state index is 0.111. The normalized spacial score (nSPS) is 18.1. The third-order valence-corrected chi connectivity index (χ3v) is 5.60. The Morgan fingerprint density at radius 1 is 1.19 bits per heavy atom. The average molecular weight is 358 g/mol. The molecule has 2 N–H and O–H groups in total. The SMILES string of the molecule is O=C(NCCc1c[nH]c2ccccc12)[C@@H]1CCC2=Nc3ccccc3CN21. The molecule has 0 unspecified atom stereocenters. The predicted molar refractivity (Wildman–Crippen MR) is 107 cm³/mol. The lowest BCUT2D eigenvalue weighted by Gasteiger charge is -2.29. The molecule has 27 heavy (non-hydrogen) atoms. The molecule has 1 atom stereocenters. The topological polar surface area (TPSA) is 60.5 Å². The Kier molecular flexibility index (Phi) is 3.93. The number of para-hydroxylation sites is 2. The van der Waals surface area contributed by atoms with Gasteiger partial charge in [-0.1, -0.05) is 36.4 Å². The van der Waals surface area contributed by atoms with Gasteiger partial charge in [0.1, 0.15) is 11.9 Å². The zero-order valence-corrected chi connectivity index (χ0v) is 15.1. The first-order valence-electron chi connectivity index (χ1n) is 9.54. The number of aliphatic imine (C=N–C) groups is 1. The molecule has 5 heteroatoms. The van der Waals surface area contributed by atoms with E-state index < -0.39 is 0 Å². The van der Waals surface area contributed by atoms with Gasteiger partial charge in [-0.05, 0) is 36.1 Å². The second kappa shape index (κ2) is 6.58. The molecule has 0 saturated carbocycles. The lowest BCUT2D eigenvalue weighted by Crippen LogP contribution is -2.45. The molecule has 0 aliphatic carbocycles. The third kappa shape index (κ3) is 2.89. The molecule has 3 aromatic rings. The number of rotatable bonds is 4. The summed E-state index contributed by atoms with van der Waals surface area (Å²) in [6, 6.07) is 16.4. The van der Waals surface area contributed by atoms with E-state index in [0.29, 0.717) is 6.54 Å². The summed E-state index contributed by atoms with van der Waals surface area (Å²) in [7, 11) is 0. The number of hydrogen-bond donors (Lipinski definition) is 2. The number of nitrogens with one attached hydrogen (secondary N) is 2. The summed E-state index contributed by atoms with van der Waals surface area (Å²) in [5.74, 6) is 1.16. The number of nitrogens with zero attached hydrogens (tertiary/aromatic N) is 2. The van der Waals surface area contributed by atoms with Gasteiger partial charge < -0.3 is 15.2 Å². The van der Waals surface area contributed by atoms with Crippen LogP contribution in [0.15, 0.2) is 59.7 Å². The number of carbonyl (C=O) groups is 1. The van der Waals surface area contributed by atoms with Crippen molar-refractivity contribution in [2.24, 2.45) is 4.99 Å². The molecule has 2 aromatic carbocycles. The average Bonchev–Trinajstić information content (AvgIpc) is 3.30. The van der Waals surface area contributed by atoms with Crippen molar-refractivity contribution in [3.63, 3.8) is 0 Å². The van der Waals surface area contributed by atoms with Gasteiger partial charge in [-0.25, -0.2) is 4.99 Å². The molecule has 1 aromatic heterocycles. The van der Waals surface area contributed by atoms with Gasteiger partial charge in [0.15, 0.2) is 0 Å². The van der Waals surface area contributed by atoms with Crippen molar-refractivity contribution < 1.29 is 4.79 Å². The largest absolute Gasteiger partial charge is 0.361 e. The van der Waals surface area contributed by atoms with Gasteiger partial charge in [0, 0.05) is 36.6 Å². The summed E-state index contributed by atoms with van der Waals surface area (Å²) in [6.07, 6.45) is 4.57. The summed E-state index contributed by atoms with van der Waals surface area (Å²) in [4.78, 5) is 23.0. The molecular formula is C22H22N4O. The molecule has 1 fully saturated rings. The lowest BCUT2D eigenvalue weighted by atomic mass is 10.1. The molecule has 136 valence electrons. The fourth-order valence-electron chi connectivity index (χ4n) is 4.19. The van der Waals surface area contributed by atoms with E-state index in [1.54, 1.807) is 0 Å². The standard InChI is InChI=1S/C22H22N4O/c27-22(23-12-11-15-13-24-19-8-4-2-6-17(15)19)20-9-10-21-25-18-7-3-1-5-16(18)14-26(20)21/h1-8,13,20,24H,9-12,14H2,(H,23,27)/t20-/m0/s1. The molecule has 1 saturated heterocycles. The molecule has 0 bridgehead atoms. The van der Waals surface area contributed by atoms with Crippen LogP contribution < -0.4 is 5.32 Å². The third-order valence-electron chi connectivity index (χ3n) is 5.60. The van der Waals surface area contributed by atoms with Crippen molar-refractivity contribution in [2.75, 3.05) is 6.54 Å². The first-order valence-corrected chi connectivity index (χ1v) is 9.54. The molecule has 0 spiro atoms. The smallest absolute Gasteiger partial charge is 0.242 e. The Hall–Kier alpha value is -3.08. The fraction of sp³-hybridized carbons (Fsp3) is 0.273. The maximum absolute atomic E-state index is 12.8. The minimum Gasteiger partial charge on any atom is -0.361 e. The Bertz CT molecular complexity index is 1040. The number of amidine groups is 1. The quantitative estimate of drug-likeness (QED) is 0.749. The van der Waals surface area contributed by atoms with E-state index in [1.807, 2.05) is 36.5 Å². The number of carbonyl (C=O) groups excluding carboxylic acids is 1. The van der Waals surface area contributed by atoms with Crippen molar-refractivity contribution in [3.05, 3.63) is 65.9 Å². The first kappa shape index (κ1) is 16.1. The highest BCUT2D eigenvalue weighted by Crippen LogP contribution is 2.32. The number of H-pyrrole nitrogens is 1. The van der Waals surface area contributed by atoms with E-state index in [9.17, 15) is 4.79 Å². The van der Waals surface area contributed by atoms with E-state index in [0.717, 1.165) is 42.8 Å². The molecular weight excluding hydrogens is 336 g/mol. The predicted octanol–water partition coefficient (Wildman–Crippen LogP) is 3.53. The number of aromatic nitrogens is 1. The van der Waals surface area contributed by atoms with Gasteiger partial charge in [-0.15, -0.1) is 0 Å². The first-order chi connectivity index (χ1) is 13.3. The van der Waals surface area contributed by atoms with E-state index >= 15 is 0 Å². The maximum Gasteiger partial charge on any atom is 0.242 e. The van der Waals surface area contributed by atoms with Gasteiger partial charge >= 0.3 is 0 Å². The summed E-state index contributed by atoms with van der Waals surface area (Å²) in [5.41, 5.74) is 4.62. The van der Waals surface area contributed by atoms with Gasteiger partial charge in [-0.2, -0.15) is 0 Å². The summed E-state index contributed by atoms with van der Waals surface area (Å²) >= 11 is 0. The van der Waals surface area contributed by atoms with E-state index in [-0.39, 0.29) is 11.9 Å². The highest BCUT2D eigenvalue weighted by Gasteiger charge is 2.36. The molecule has 2 aliphatic rings. The zero-order valence-electron chi connectivity index (χ0n) is 15.1. The van der Waals surface area contributed by atoms with Crippen LogP contribution in [0, 0.1) is 0 Å². The van der Waals surface area contributed by atoms with Gasteiger partial charge in [0.2, 0.25) is 5.91 Å². The van der Waals surface area contributed by atoms with Crippen molar-refractivity contribution in [2.45, 2.75) is 31.8 Å². The monoisotopic (exact) mass is 358 g/mol. The van der Waals surface area contributed by atoms with E-state index in [1.165, 1.54) is 16.5 Å². The number of benzene rings is 2. The van der Waals surface area contributed by atoms with Gasteiger partial charge in [0.25, 0.3) is 0 Å². The molecule has 2 aliphatic heterocycles. The number of fused-ring (bicyclic) bond motifs is 3. The fourth-order valence-corrected chi connectivity index (χ4v) is 4.19. The lowest BCUT2D eigenvalue weighted by molar-refractivity contribution is -0.124. The van der Waals surface area contributed by atoms with Crippen molar-refractivity contribution >= 4 is 28.3 Å². The van der Waals surface area contributed by atoms with Crippen molar-refractivity contribution in [1.82, 2.24) is 15.2 Å². The number of amides is 1. The summed E-state index contributed by atoms with van der Waals surface area (Å²) in [5, 5.41) is 4.37. The minimum atomic E-state index is -0.111. The van der Waals surface area contributed by atoms with Gasteiger partial charge in [-0.3, -0.25) is 4.79 Å². The maximum atomic E-state index is 12.8. The van der Waals surface area contributed by atoms with E-state index in [2.05, 4.69) is 33.4 Å². The second-order valence-electron chi connectivity index (χ2n) is 7.24. The Morgan fingerprint density at radius 2 is 2.04 bits per heavy atom. The van der Waals surface area contributed by atoms with Crippen LogP contribution in [0.25, 0.3) is 10.9 Å². The Balaban J connectivity index is 1.23.